The first kappa shape index (κ1) is 14.1. The fourth-order valence-corrected chi connectivity index (χ4v) is 1.65. The van der Waals surface area contributed by atoms with Gasteiger partial charge < -0.3 is 11.1 Å². The molecule has 0 spiro atoms. The van der Waals surface area contributed by atoms with E-state index in [1.165, 1.54) is 0 Å². The Morgan fingerprint density at radius 2 is 2.05 bits per heavy atom. The largest absolute Gasteiger partial charge is 0.320 e. The highest BCUT2D eigenvalue weighted by Crippen LogP contribution is 2.12. The molecule has 0 saturated heterocycles. The van der Waals surface area contributed by atoms with Gasteiger partial charge >= 0.3 is 0 Å². The maximum atomic E-state index is 12.0. The van der Waals surface area contributed by atoms with Crippen LogP contribution in [0.5, 0.6) is 0 Å². The van der Waals surface area contributed by atoms with E-state index < -0.39 is 0 Å². The third kappa shape index (κ3) is 3.82. The van der Waals surface area contributed by atoms with Crippen molar-refractivity contribution in [3.05, 3.63) is 58.7 Å². The highest BCUT2D eigenvalue weighted by atomic mass is 35.5. The summed E-state index contributed by atoms with van der Waals surface area (Å²) in [7, 11) is 0. The van der Waals surface area contributed by atoms with E-state index in [-0.39, 0.29) is 12.5 Å². The Balaban J connectivity index is 2.13. The van der Waals surface area contributed by atoms with Crippen molar-refractivity contribution in [2.24, 2.45) is 5.73 Å². The second kappa shape index (κ2) is 6.71. The van der Waals surface area contributed by atoms with E-state index >= 15 is 0 Å². The van der Waals surface area contributed by atoms with Crippen LogP contribution in [0.1, 0.15) is 15.9 Å². The van der Waals surface area contributed by atoms with Gasteiger partial charge in [-0.05, 0) is 36.4 Å². The summed E-state index contributed by atoms with van der Waals surface area (Å²) in [5.41, 5.74) is 6.57. The highest BCUT2D eigenvalue weighted by Gasteiger charge is 2.06. The van der Waals surface area contributed by atoms with E-state index in [9.17, 15) is 4.79 Å². The molecule has 1 heterocycles. The average molecular weight is 286 g/mol. The van der Waals surface area contributed by atoms with Gasteiger partial charge in [-0.3, -0.25) is 4.79 Å². The Morgan fingerprint density at radius 1 is 1.30 bits per heavy atom. The van der Waals surface area contributed by atoms with Gasteiger partial charge in [-0.25, -0.2) is 4.98 Å². The van der Waals surface area contributed by atoms with Crippen molar-refractivity contribution in [2.75, 3.05) is 11.9 Å². The van der Waals surface area contributed by atoms with E-state index in [1.807, 2.05) is 0 Å². The topological polar surface area (TPSA) is 68.0 Å². The van der Waals surface area contributed by atoms with Crippen LogP contribution in [-0.4, -0.2) is 17.4 Å². The van der Waals surface area contributed by atoms with Crippen LogP contribution in [0.25, 0.3) is 0 Å². The van der Waals surface area contributed by atoms with Gasteiger partial charge in [0.05, 0.1) is 6.54 Å². The summed E-state index contributed by atoms with van der Waals surface area (Å²) < 4.78 is 0. The zero-order valence-corrected chi connectivity index (χ0v) is 11.3. The van der Waals surface area contributed by atoms with Crippen molar-refractivity contribution >= 4 is 23.3 Å². The summed E-state index contributed by atoms with van der Waals surface area (Å²) >= 11 is 5.78. The first-order valence-corrected chi connectivity index (χ1v) is 6.29. The molecule has 1 aromatic heterocycles. The van der Waals surface area contributed by atoms with E-state index in [4.69, 9.17) is 17.3 Å². The second-order valence-corrected chi connectivity index (χ2v) is 4.33. The molecule has 0 aliphatic heterocycles. The van der Waals surface area contributed by atoms with Gasteiger partial charge in [0.2, 0.25) is 0 Å². The Labute approximate surface area is 122 Å². The molecule has 0 radical (unpaired) electrons. The van der Waals surface area contributed by atoms with E-state index in [0.29, 0.717) is 16.4 Å². The van der Waals surface area contributed by atoms with Crippen molar-refractivity contribution in [1.29, 1.82) is 0 Å². The minimum atomic E-state index is -0.252. The van der Waals surface area contributed by atoms with Gasteiger partial charge in [-0.2, -0.15) is 0 Å². The quantitative estimate of drug-likeness (QED) is 0.832. The van der Waals surface area contributed by atoms with Gasteiger partial charge in [-0.15, -0.1) is 0 Å². The first-order valence-electron chi connectivity index (χ1n) is 5.91. The molecule has 0 unspecified atom stereocenters. The van der Waals surface area contributed by atoms with Crippen LogP contribution < -0.4 is 11.1 Å². The molecule has 20 heavy (non-hydrogen) atoms. The van der Waals surface area contributed by atoms with Crippen LogP contribution in [0, 0.1) is 11.8 Å². The lowest BCUT2D eigenvalue weighted by atomic mass is 10.2. The summed E-state index contributed by atoms with van der Waals surface area (Å²) in [4.78, 5) is 16.1. The van der Waals surface area contributed by atoms with Crippen molar-refractivity contribution in [2.45, 2.75) is 0 Å². The molecular weight excluding hydrogens is 274 g/mol. The molecule has 0 aliphatic rings. The summed E-state index contributed by atoms with van der Waals surface area (Å²) in [6, 6.07) is 10.1. The SMILES string of the molecule is NCC#Cc1ccnc(NC(=O)c2ccc(Cl)cc2)c1. The predicted octanol–water partition coefficient (Wildman–Crippen LogP) is 2.30. The normalized spacial score (nSPS) is 9.50. The smallest absolute Gasteiger partial charge is 0.256 e. The van der Waals surface area contributed by atoms with Crippen LogP contribution in [0.4, 0.5) is 5.82 Å². The molecule has 0 bridgehead atoms. The molecule has 1 aromatic carbocycles. The van der Waals surface area contributed by atoms with Crippen molar-refractivity contribution in [3.63, 3.8) is 0 Å². The number of nitrogens with zero attached hydrogens (tertiary/aromatic N) is 1. The zero-order chi connectivity index (χ0) is 14.4. The van der Waals surface area contributed by atoms with Crippen LogP contribution in [0.15, 0.2) is 42.6 Å². The van der Waals surface area contributed by atoms with Crippen molar-refractivity contribution in [1.82, 2.24) is 4.98 Å². The minimum absolute atomic E-state index is 0.252. The summed E-state index contributed by atoms with van der Waals surface area (Å²) in [5.74, 6) is 5.81. The molecule has 4 nitrogen and oxygen atoms in total. The van der Waals surface area contributed by atoms with Crippen molar-refractivity contribution < 1.29 is 4.79 Å². The average Bonchev–Trinajstić information content (AvgIpc) is 2.46. The number of nitrogens with two attached hydrogens (primary N) is 1. The number of halogens is 1. The number of rotatable bonds is 2. The Morgan fingerprint density at radius 3 is 2.75 bits per heavy atom. The van der Waals surface area contributed by atoms with Gasteiger partial charge in [0.15, 0.2) is 0 Å². The monoisotopic (exact) mass is 285 g/mol. The third-order valence-electron chi connectivity index (χ3n) is 2.44. The molecule has 2 rings (SSSR count). The van der Waals surface area contributed by atoms with Crippen LogP contribution >= 0.6 is 11.6 Å². The van der Waals surface area contributed by atoms with E-state index in [1.54, 1.807) is 42.6 Å². The molecule has 0 saturated carbocycles. The van der Waals surface area contributed by atoms with E-state index in [0.717, 1.165) is 5.56 Å². The number of amides is 1. The lowest BCUT2D eigenvalue weighted by Crippen LogP contribution is -2.12. The molecule has 3 N–H and O–H groups in total. The minimum Gasteiger partial charge on any atom is -0.320 e. The number of nitrogens with one attached hydrogen (secondary N) is 1. The summed E-state index contributed by atoms with van der Waals surface area (Å²) in [6.07, 6.45) is 1.58. The number of hydrogen-bond donors (Lipinski definition) is 2. The molecule has 100 valence electrons. The number of pyridine rings is 1. The fraction of sp³-hybridized carbons (Fsp3) is 0.0667. The fourth-order valence-electron chi connectivity index (χ4n) is 1.52. The number of anilines is 1. The lowest BCUT2D eigenvalue weighted by molar-refractivity contribution is 0.102. The number of aromatic nitrogens is 1. The number of carbonyl (C=O) groups is 1. The summed E-state index contributed by atoms with van der Waals surface area (Å²) in [5, 5.41) is 3.28. The van der Waals surface area contributed by atoms with E-state index in [2.05, 4.69) is 22.1 Å². The molecule has 0 fully saturated rings. The Bertz CT molecular complexity index is 672. The number of carbonyl (C=O) groups excluding carboxylic acids is 1. The summed E-state index contributed by atoms with van der Waals surface area (Å²) in [6.45, 7) is 0.286. The van der Waals surface area contributed by atoms with Crippen molar-refractivity contribution in [3.8, 4) is 11.8 Å². The molecule has 0 aliphatic carbocycles. The zero-order valence-electron chi connectivity index (χ0n) is 10.6. The standard InChI is InChI=1S/C15H12ClN3O/c16-13-5-3-12(4-6-13)15(20)19-14-10-11(2-1-8-17)7-9-18-14/h3-7,9-10H,8,17H2,(H,18,19,20). The van der Waals surface area contributed by atoms with Crippen LogP contribution in [0.3, 0.4) is 0 Å². The van der Waals surface area contributed by atoms with Crippen LogP contribution in [0.2, 0.25) is 5.02 Å². The lowest BCUT2D eigenvalue weighted by Gasteiger charge is -2.04. The van der Waals surface area contributed by atoms with Gasteiger partial charge in [0.25, 0.3) is 5.91 Å². The van der Waals surface area contributed by atoms with Gasteiger partial charge in [0.1, 0.15) is 5.82 Å². The second-order valence-electron chi connectivity index (χ2n) is 3.90. The molecule has 5 heteroatoms. The maximum Gasteiger partial charge on any atom is 0.256 e. The third-order valence-corrected chi connectivity index (χ3v) is 2.69. The highest BCUT2D eigenvalue weighted by molar-refractivity contribution is 6.30. The number of benzene rings is 1. The maximum absolute atomic E-state index is 12.0. The Kier molecular flexibility index (Phi) is 4.72. The predicted molar refractivity (Wildman–Crippen MR) is 79.6 cm³/mol. The molecular formula is C15H12ClN3O. The molecule has 1 amide bonds. The molecule has 0 atom stereocenters. The van der Waals surface area contributed by atoms with Crippen LogP contribution in [-0.2, 0) is 0 Å². The Hall–Kier alpha value is -2.35. The first-order chi connectivity index (χ1) is 9.69. The van der Waals surface area contributed by atoms with Gasteiger partial charge in [0, 0.05) is 22.3 Å². The molecule has 2 aromatic rings. The van der Waals surface area contributed by atoms with Gasteiger partial charge in [-0.1, -0.05) is 23.4 Å². The number of hydrogen-bond acceptors (Lipinski definition) is 3.